The van der Waals surface area contributed by atoms with Crippen molar-refractivity contribution in [3.05, 3.63) is 108 Å². The second-order valence-electron chi connectivity index (χ2n) is 6.94. The molecule has 1 aromatic heterocycles. The van der Waals surface area contributed by atoms with Gasteiger partial charge < -0.3 is 4.74 Å². The highest BCUT2D eigenvalue weighted by atomic mass is 35.5. The van der Waals surface area contributed by atoms with Crippen LogP contribution in [-0.2, 0) is 9.53 Å². The monoisotopic (exact) mass is 450 g/mol. The lowest BCUT2D eigenvalue weighted by atomic mass is 10.0. The van der Waals surface area contributed by atoms with Gasteiger partial charge in [0.25, 0.3) is 5.56 Å². The van der Waals surface area contributed by atoms with Crippen LogP contribution < -0.4 is 14.9 Å². The maximum absolute atomic E-state index is 13.3. The van der Waals surface area contributed by atoms with E-state index in [0.717, 1.165) is 11.1 Å². The van der Waals surface area contributed by atoms with Crippen molar-refractivity contribution in [3.63, 3.8) is 0 Å². The number of carbonyl (C=O) groups is 1. The molecule has 0 fully saturated rings. The predicted molar refractivity (Wildman–Crippen MR) is 124 cm³/mol. The fraction of sp³-hybridized carbons (Fsp3) is 0.125. The van der Waals surface area contributed by atoms with Crippen LogP contribution in [0.15, 0.2) is 81.7 Å². The van der Waals surface area contributed by atoms with Crippen molar-refractivity contribution in [2.45, 2.75) is 13.0 Å². The van der Waals surface area contributed by atoms with Gasteiger partial charge in [-0.3, -0.25) is 9.36 Å². The van der Waals surface area contributed by atoms with Gasteiger partial charge in [0.05, 0.1) is 29.0 Å². The Morgan fingerprint density at radius 3 is 2.52 bits per heavy atom. The second kappa shape index (κ2) is 8.88. The number of fused-ring (bicyclic) bond motifs is 1. The third kappa shape index (κ3) is 4.31. The van der Waals surface area contributed by atoms with Gasteiger partial charge in [0.15, 0.2) is 4.80 Å². The Kier molecular flexibility index (Phi) is 6.02. The lowest BCUT2D eigenvalue weighted by Crippen LogP contribution is -2.38. The van der Waals surface area contributed by atoms with Crippen LogP contribution >= 0.6 is 22.9 Å². The molecule has 1 aliphatic rings. The Balaban J connectivity index is 1.88. The Morgan fingerprint density at radius 2 is 1.84 bits per heavy atom. The molecule has 0 saturated heterocycles. The van der Waals surface area contributed by atoms with Crippen LogP contribution in [0, 0.1) is 0 Å². The van der Waals surface area contributed by atoms with Crippen LogP contribution in [0.25, 0.3) is 12.2 Å². The van der Waals surface area contributed by atoms with Gasteiger partial charge in [-0.15, -0.1) is 0 Å². The molecule has 0 saturated carbocycles. The van der Waals surface area contributed by atoms with Crippen molar-refractivity contribution in [1.29, 1.82) is 0 Å². The number of rotatable bonds is 4. The van der Waals surface area contributed by atoms with Crippen LogP contribution in [0.5, 0.6) is 0 Å². The molecular weight excluding hydrogens is 432 g/mol. The number of thiazole rings is 1. The molecule has 0 radical (unpaired) electrons. The molecule has 3 aromatic rings. The topological polar surface area (TPSA) is 60.7 Å². The number of ether oxygens (including phenoxy) is 1. The first-order chi connectivity index (χ1) is 15.0. The zero-order chi connectivity index (χ0) is 22.0. The summed E-state index contributed by atoms with van der Waals surface area (Å²) in [6.07, 6.45) is 5.53. The lowest BCUT2D eigenvalue weighted by Gasteiger charge is -2.21. The summed E-state index contributed by atoms with van der Waals surface area (Å²) < 4.78 is 7.06. The average Bonchev–Trinajstić information content (AvgIpc) is 3.08. The smallest absolute Gasteiger partial charge is 0.338 e. The molecule has 31 heavy (non-hydrogen) atoms. The van der Waals surface area contributed by atoms with Crippen molar-refractivity contribution < 1.29 is 9.53 Å². The van der Waals surface area contributed by atoms with Gasteiger partial charge >= 0.3 is 5.97 Å². The van der Waals surface area contributed by atoms with E-state index in [-0.39, 0.29) is 5.56 Å². The van der Waals surface area contributed by atoms with Gasteiger partial charge in [-0.25, -0.2) is 9.79 Å². The molecule has 2 heterocycles. The van der Waals surface area contributed by atoms with Gasteiger partial charge in [0, 0.05) is 5.02 Å². The summed E-state index contributed by atoms with van der Waals surface area (Å²) in [5.74, 6) is -0.504. The van der Waals surface area contributed by atoms with E-state index in [1.54, 1.807) is 29.7 Å². The lowest BCUT2D eigenvalue weighted by molar-refractivity contribution is -0.136. The van der Waals surface area contributed by atoms with Gasteiger partial charge in [-0.1, -0.05) is 77.6 Å². The molecule has 1 aliphatic heterocycles. The Bertz CT molecular complexity index is 1370. The molecule has 0 spiro atoms. The summed E-state index contributed by atoms with van der Waals surface area (Å²) in [7, 11) is 1.33. The van der Waals surface area contributed by atoms with E-state index < -0.39 is 12.0 Å². The number of hydrogen-bond acceptors (Lipinski definition) is 5. The van der Waals surface area contributed by atoms with Crippen molar-refractivity contribution >= 4 is 41.1 Å². The molecule has 156 valence electrons. The molecule has 0 N–H and O–H groups in total. The van der Waals surface area contributed by atoms with Crippen LogP contribution in [-0.4, -0.2) is 17.6 Å². The molecule has 1 atom stereocenters. The highest BCUT2D eigenvalue weighted by molar-refractivity contribution is 7.07. The molecular formula is C24H19ClN2O3S. The first kappa shape index (κ1) is 21.0. The van der Waals surface area contributed by atoms with E-state index in [9.17, 15) is 9.59 Å². The van der Waals surface area contributed by atoms with E-state index in [4.69, 9.17) is 16.3 Å². The highest BCUT2D eigenvalue weighted by Crippen LogP contribution is 2.26. The second-order valence-corrected chi connectivity index (χ2v) is 8.38. The van der Waals surface area contributed by atoms with Gasteiger partial charge in [-0.05, 0) is 36.3 Å². The first-order valence-corrected chi connectivity index (χ1v) is 10.8. The van der Waals surface area contributed by atoms with E-state index in [0.29, 0.717) is 25.6 Å². The minimum atomic E-state index is -0.615. The Hall–Kier alpha value is -3.22. The minimum Gasteiger partial charge on any atom is -0.466 e. The molecule has 1 unspecified atom stereocenters. The van der Waals surface area contributed by atoms with E-state index >= 15 is 0 Å². The van der Waals surface area contributed by atoms with Crippen LogP contribution in [0.2, 0.25) is 5.02 Å². The molecule has 0 amide bonds. The summed E-state index contributed by atoms with van der Waals surface area (Å²) in [5.41, 5.74) is 2.49. The van der Waals surface area contributed by atoms with E-state index in [2.05, 4.69) is 4.99 Å². The third-order valence-electron chi connectivity index (χ3n) is 4.91. The molecule has 7 heteroatoms. The van der Waals surface area contributed by atoms with Crippen LogP contribution in [0.4, 0.5) is 0 Å². The van der Waals surface area contributed by atoms with Crippen molar-refractivity contribution in [2.24, 2.45) is 4.99 Å². The first-order valence-electron chi connectivity index (χ1n) is 9.57. The maximum atomic E-state index is 13.3. The quantitative estimate of drug-likeness (QED) is 0.569. The minimum absolute atomic E-state index is 0.213. The van der Waals surface area contributed by atoms with Crippen molar-refractivity contribution in [1.82, 2.24) is 4.57 Å². The molecule has 0 aliphatic carbocycles. The van der Waals surface area contributed by atoms with Gasteiger partial charge in [0.1, 0.15) is 0 Å². The number of nitrogens with zero attached hydrogens (tertiary/aromatic N) is 2. The van der Waals surface area contributed by atoms with E-state index in [1.165, 1.54) is 18.4 Å². The average molecular weight is 451 g/mol. The van der Waals surface area contributed by atoms with Crippen LogP contribution in [0.1, 0.15) is 24.1 Å². The summed E-state index contributed by atoms with van der Waals surface area (Å²) >= 11 is 7.25. The molecule has 2 aromatic carbocycles. The Morgan fingerprint density at radius 1 is 1.13 bits per heavy atom. The number of benzene rings is 2. The van der Waals surface area contributed by atoms with Gasteiger partial charge in [-0.2, -0.15) is 0 Å². The zero-order valence-corrected chi connectivity index (χ0v) is 18.5. The SMILES string of the molecule is COC(=O)C1=C(C)N=c2sc(=Cc3ccc(Cl)cc3)c(=O)n2C1/C=C/c1ccccc1. The van der Waals surface area contributed by atoms with Gasteiger partial charge in [0.2, 0.25) is 0 Å². The summed E-state index contributed by atoms with van der Waals surface area (Å²) in [4.78, 5) is 30.9. The predicted octanol–water partition coefficient (Wildman–Crippen LogP) is 3.73. The van der Waals surface area contributed by atoms with Crippen LogP contribution in [0.3, 0.4) is 0 Å². The number of hydrogen-bond donors (Lipinski definition) is 0. The number of methoxy groups -OCH3 is 1. The largest absolute Gasteiger partial charge is 0.466 e. The summed E-state index contributed by atoms with van der Waals surface area (Å²) in [6.45, 7) is 1.76. The fourth-order valence-corrected chi connectivity index (χ4v) is 4.58. The third-order valence-corrected chi connectivity index (χ3v) is 6.14. The number of allylic oxidation sites excluding steroid dienone is 2. The zero-order valence-electron chi connectivity index (χ0n) is 16.9. The maximum Gasteiger partial charge on any atom is 0.338 e. The number of esters is 1. The summed E-state index contributed by atoms with van der Waals surface area (Å²) in [5, 5.41) is 0.628. The normalized spacial score (nSPS) is 16.4. The summed E-state index contributed by atoms with van der Waals surface area (Å²) in [6, 6.07) is 16.3. The highest BCUT2D eigenvalue weighted by Gasteiger charge is 2.29. The molecule has 5 nitrogen and oxygen atoms in total. The fourth-order valence-electron chi connectivity index (χ4n) is 3.39. The number of carbonyl (C=O) groups excluding carboxylic acids is 1. The Labute approximate surface area is 187 Å². The number of aromatic nitrogens is 1. The van der Waals surface area contributed by atoms with E-state index in [1.807, 2.05) is 54.6 Å². The molecule has 4 rings (SSSR count). The van der Waals surface area contributed by atoms with Crippen molar-refractivity contribution in [3.8, 4) is 0 Å². The molecule has 0 bridgehead atoms. The van der Waals surface area contributed by atoms with Crippen molar-refractivity contribution in [2.75, 3.05) is 7.11 Å². The standard InChI is InChI=1S/C24H19ClN2O3S/c1-15-21(23(29)30-2)19(13-10-16-6-4-3-5-7-16)27-22(28)20(31-24(27)26-15)14-17-8-11-18(25)12-9-17/h3-14,19H,1-2H3/b13-10+,20-14?. The number of halogens is 1.